The van der Waals surface area contributed by atoms with E-state index in [9.17, 15) is 19.5 Å². The van der Waals surface area contributed by atoms with E-state index in [2.05, 4.69) is 15.2 Å². The SMILES string of the molecule is CC(N)(CO)C(=O)N1CCN(C(=O)Nc2ccn(-c3ccc(CCN4CCCC(N)CC4)cc3)c(=O)n2)CC1.Cl. The van der Waals surface area contributed by atoms with Gasteiger partial charge in [0.2, 0.25) is 5.91 Å². The molecule has 0 radical (unpaired) electrons. The van der Waals surface area contributed by atoms with E-state index in [0.717, 1.165) is 45.3 Å². The molecule has 0 spiro atoms. The maximum absolute atomic E-state index is 12.7. The van der Waals surface area contributed by atoms with E-state index in [1.54, 1.807) is 17.2 Å². The Morgan fingerprint density at radius 3 is 2.38 bits per heavy atom. The van der Waals surface area contributed by atoms with Gasteiger partial charge in [-0.05, 0) is 69.5 Å². The largest absolute Gasteiger partial charge is 0.394 e. The summed E-state index contributed by atoms with van der Waals surface area (Å²) in [6, 6.07) is 9.35. The normalized spacial score (nSPS) is 19.8. The number of rotatable bonds is 7. The molecule has 220 valence electrons. The molecule has 12 nitrogen and oxygen atoms in total. The molecule has 1 aromatic carbocycles. The molecule has 2 unspecified atom stereocenters. The van der Waals surface area contributed by atoms with Crippen LogP contribution in [0.3, 0.4) is 0 Å². The lowest BCUT2D eigenvalue weighted by Gasteiger charge is -2.37. The van der Waals surface area contributed by atoms with Crippen LogP contribution in [0.25, 0.3) is 5.69 Å². The number of aromatic nitrogens is 2. The zero-order chi connectivity index (χ0) is 28.0. The molecule has 6 N–H and O–H groups in total. The number of halogens is 1. The third-order valence-corrected chi connectivity index (χ3v) is 7.51. The van der Waals surface area contributed by atoms with Gasteiger partial charge in [0, 0.05) is 45.0 Å². The van der Waals surface area contributed by atoms with Gasteiger partial charge in [0.25, 0.3) is 0 Å². The lowest BCUT2D eigenvalue weighted by atomic mass is 10.0. The molecule has 2 aromatic rings. The Hall–Kier alpha value is -3.03. The van der Waals surface area contributed by atoms with Crippen LogP contribution >= 0.6 is 12.4 Å². The number of nitrogens with zero attached hydrogens (tertiary/aromatic N) is 5. The van der Waals surface area contributed by atoms with Crippen LogP contribution in [0.15, 0.2) is 41.3 Å². The maximum atomic E-state index is 12.7. The van der Waals surface area contributed by atoms with Crippen molar-refractivity contribution < 1.29 is 14.7 Å². The predicted molar refractivity (Wildman–Crippen MR) is 156 cm³/mol. The molecule has 3 amide bonds. The highest BCUT2D eigenvalue weighted by Crippen LogP contribution is 2.14. The zero-order valence-electron chi connectivity index (χ0n) is 23.0. The quantitative estimate of drug-likeness (QED) is 0.368. The van der Waals surface area contributed by atoms with Crippen LogP contribution in [0, 0.1) is 0 Å². The third-order valence-electron chi connectivity index (χ3n) is 7.51. The minimum Gasteiger partial charge on any atom is -0.394 e. The van der Waals surface area contributed by atoms with Crippen molar-refractivity contribution in [3.8, 4) is 5.69 Å². The van der Waals surface area contributed by atoms with Gasteiger partial charge in [-0.2, -0.15) is 4.98 Å². The van der Waals surface area contributed by atoms with Gasteiger partial charge >= 0.3 is 11.7 Å². The van der Waals surface area contributed by atoms with Crippen LogP contribution in [0.2, 0.25) is 0 Å². The first-order valence-electron chi connectivity index (χ1n) is 13.6. The molecule has 2 aliphatic rings. The van der Waals surface area contributed by atoms with Crippen molar-refractivity contribution in [3.05, 3.63) is 52.6 Å². The van der Waals surface area contributed by atoms with Crippen molar-refractivity contribution >= 4 is 30.2 Å². The van der Waals surface area contributed by atoms with Crippen LogP contribution in [0.4, 0.5) is 10.6 Å². The van der Waals surface area contributed by atoms with E-state index < -0.39 is 23.9 Å². The van der Waals surface area contributed by atoms with Crippen LogP contribution < -0.4 is 22.5 Å². The van der Waals surface area contributed by atoms with Crippen molar-refractivity contribution in [1.29, 1.82) is 0 Å². The molecule has 0 bridgehead atoms. The van der Waals surface area contributed by atoms with Crippen LogP contribution in [-0.4, -0.2) is 105 Å². The minimum absolute atomic E-state index is 0. The van der Waals surface area contributed by atoms with Gasteiger partial charge < -0.3 is 31.3 Å². The number of hydrogen-bond donors (Lipinski definition) is 4. The van der Waals surface area contributed by atoms with E-state index in [1.807, 2.05) is 24.3 Å². The van der Waals surface area contributed by atoms with Gasteiger partial charge in [-0.1, -0.05) is 12.1 Å². The number of amides is 3. The average molecular weight is 577 g/mol. The molecule has 0 aliphatic carbocycles. The molecule has 13 heteroatoms. The minimum atomic E-state index is -1.35. The molecule has 2 fully saturated rings. The molecular formula is C27H41ClN8O4. The number of urea groups is 1. The van der Waals surface area contributed by atoms with Crippen LogP contribution in [-0.2, 0) is 11.2 Å². The highest BCUT2D eigenvalue weighted by Gasteiger charge is 2.34. The summed E-state index contributed by atoms with van der Waals surface area (Å²) >= 11 is 0. The fourth-order valence-corrected chi connectivity index (χ4v) is 4.91. The average Bonchev–Trinajstić information content (AvgIpc) is 3.15. The van der Waals surface area contributed by atoms with Gasteiger partial charge in [-0.3, -0.25) is 14.7 Å². The zero-order valence-corrected chi connectivity index (χ0v) is 23.8. The Bertz CT molecular complexity index is 1200. The number of aliphatic hydroxyl groups excluding tert-OH is 1. The van der Waals surface area contributed by atoms with E-state index in [0.29, 0.717) is 37.9 Å². The Morgan fingerprint density at radius 1 is 1.05 bits per heavy atom. The van der Waals surface area contributed by atoms with Gasteiger partial charge in [0.1, 0.15) is 11.4 Å². The van der Waals surface area contributed by atoms with Crippen molar-refractivity contribution in [3.63, 3.8) is 0 Å². The Kier molecular flexibility index (Phi) is 11.1. The number of piperazine rings is 1. The number of carbonyl (C=O) groups excluding carboxylic acids is 2. The summed E-state index contributed by atoms with van der Waals surface area (Å²) in [7, 11) is 0. The summed E-state index contributed by atoms with van der Waals surface area (Å²) < 4.78 is 1.44. The molecule has 2 atom stereocenters. The number of aliphatic hydroxyl groups is 1. The second kappa shape index (κ2) is 14.0. The molecule has 0 saturated carbocycles. The number of nitrogens with one attached hydrogen (secondary N) is 1. The standard InChI is InChI=1S/C27H40N8O4.ClH/c1-27(29,19-36)24(37)33-15-17-34(18-16-33)25(38)30-23-10-14-35(26(39)31-23)22-6-4-20(5-7-22)8-12-32-11-2-3-21(28)9-13-32;/h4-7,10,14,21,36H,2-3,8-9,11-13,15-19,28-29H2,1H3,(H,30,31,38,39);1H. The highest BCUT2D eigenvalue weighted by atomic mass is 35.5. The van der Waals surface area contributed by atoms with Gasteiger partial charge in [0.05, 0.1) is 12.3 Å². The molecule has 40 heavy (non-hydrogen) atoms. The van der Waals surface area contributed by atoms with Crippen molar-refractivity contribution in [2.45, 2.75) is 44.2 Å². The Labute approximate surface area is 240 Å². The number of carbonyl (C=O) groups is 2. The Morgan fingerprint density at radius 2 is 1.73 bits per heavy atom. The van der Waals surface area contributed by atoms with Crippen LogP contribution in [0.5, 0.6) is 0 Å². The highest BCUT2D eigenvalue weighted by molar-refractivity contribution is 5.89. The number of likely N-dealkylation sites (tertiary alicyclic amines) is 1. The second-order valence-corrected chi connectivity index (χ2v) is 10.7. The summed E-state index contributed by atoms with van der Waals surface area (Å²) in [4.78, 5) is 47.4. The van der Waals surface area contributed by atoms with E-state index >= 15 is 0 Å². The van der Waals surface area contributed by atoms with E-state index in [4.69, 9.17) is 11.5 Å². The summed E-state index contributed by atoms with van der Waals surface area (Å²) in [6.07, 6.45) is 5.81. The second-order valence-electron chi connectivity index (χ2n) is 10.7. The lowest BCUT2D eigenvalue weighted by Crippen LogP contribution is -2.60. The maximum Gasteiger partial charge on any atom is 0.354 e. The first-order valence-corrected chi connectivity index (χ1v) is 13.6. The third kappa shape index (κ3) is 8.01. The van der Waals surface area contributed by atoms with Gasteiger partial charge in [-0.25, -0.2) is 9.59 Å². The predicted octanol–water partition coefficient (Wildman–Crippen LogP) is 0.396. The molecule has 2 aliphatic heterocycles. The molecular weight excluding hydrogens is 536 g/mol. The van der Waals surface area contributed by atoms with Gasteiger partial charge in [-0.15, -0.1) is 12.4 Å². The summed E-state index contributed by atoms with van der Waals surface area (Å²) in [5, 5.41) is 12.0. The molecule has 4 rings (SSSR count). The number of nitrogens with two attached hydrogens (primary N) is 2. The topological polar surface area (TPSA) is 163 Å². The number of anilines is 1. The smallest absolute Gasteiger partial charge is 0.354 e. The number of hydrogen-bond acceptors (Lipinski definition) is 8. The fourth-order valence-electron chi connectivity index (χ4n) is 4.91. The lowest BCUT2D eigenvalue weighted by molar-refractivity contribution is -0.139. The van der Waals surface area contributed by atoms with E-state index in [1.165, 1.54) is 22.0 Å². The molecule has 3 heterocycles. The van der Waals surface area contributed by atoms with Crippen molar-refractivity contribution in [1.82, 2.24) is 24.3 Å². The van der Waals surface area contributed by atoms with Crippen LogP contribution in [0.1, 0.15) is 31.7 Å². The first kappa shape index (κ1) is 31.5. The summed E-state index contributed by atoms with van der Waals surface area (Å²) in [5.74, 6) is -0.200. The fraction of sp³-hybridized carbons (Fsp3) is 0.556. The first-order chi connectivity index (χ1) is 18.7. The van der Waals surface area contributed by atoms with Crippen molar-refractivity contribution in [2.24, 2.45) is 11.5 Å². The van der Waals surface area contributed by atoms with E-state index in [-0.39, 0.29) is 24.1 Å². The van der Waals surface area contributed by atoms with Gasteiger partial charge in [0.15, 0.2) is 0 Å². The monoisotopic (exact) mass is 576 g/mol. The molecule has 1 aromatic heterocycles. The Balaban J connectivity index is 0.00000441. The van der Waals surface area contributed by atoms with Crippen molar-refractivity contribution in [2.75, 3.05) is 57.7 Å². The summed E-state index contributed by atoms with van der Waals surface area (Å²) in [6.45, 7) is 5.34. The summed E-state index contributed by atoms with van der Waals surface area (Å²) in [5.41, 5.74) is 12.0. The molecule has 2 saturated heterocycles. The number of benzene rings is 1.